The van der Waals surface area contributed by atoms with Crippen LogP contribution in [0.3, 0.4) is 0 Å². The average molecular weight is 246 g/mol. The summed E-state index contributed by atoms with van der Waals surface area (Å²) in [5, 5.41) is 0. The van der Waals surface area contributed by atoms with Crippen LogP contribution in [0.1, 0.15) is 26.2 Å². The molecule has 17 heavy (non-hydrogen) atoms. The van der Waals surface area contributed by atoms with Crippen molar-refractivity contribution in [3.05, 3.63) is 60.6 Å². The van der Waals surface area contributed by atoms with Crippen molar-refractivity contribution in [2.45, 2.75) is 26.2 Å². The minimum atomic E-state index is 0.761. The third-order valence-electron chi connectivity index (χ3n) is 2.20. The molecule has 0 heterocycles. The van der Waals surface area contributed by atoms with Gasteiger partial charge in [-0.1, -0.05) is 43.9 Å². The zero-order valence-electron chi connectivity index (χ0n) is 10.2. The molecule has 90 valence electrons. The van der Waals surface area contributed by atoms with E-state index in [4.69, 9.17) is 17.0 Å². The van der Waals surface area contributed by atoms with Gasteiger partial charge in [0, 0.05) is 0 Å². The molecule has 1 aliphatic carbocycles. The number of allylic oxidation sites excluding steroid dienone is 7. The van der Waals surface area contributed by atoms with Crippen LogP contribution in [0.5, 0.6) is 0 Å². The quantitative estimate of drug-likeness (QED) is 0.397. The van der Waals surface area contributed by atoms with Gasteiger partial charge in [-0.15, -0.1) is 0 Å². The maximum absolute atomic E-state index is 5.82. The summed E-state index contributed by atoms with van der Waals surface area (Å²) in [5.41, 5.74) is 0. The van der Waals surface area contributed by atoms with Gasteiger partial charge in [0.1, 0.15) is 11.5 Å². The molecule has 0 fully saturated rings. The Morgan fingerprint density at radius 1 is 1.53 bits per heavy atom. The fourth-order valence-electron chi connectivity index (χ4n) is 1.41. The molecule has 1 aliphatic rings. The van der Waals surface area contributed by atoms with Gasteiger partial charge in [0.15, 0.2) is 0 Å². The van der Waals surface area contributed by atoms with Crippen molar-refractivity contribution in [1.29, 1.82) is 0 Å². The van der Waals surface area contributed by atoms with Crippen molar-refractivity contribution in [2.75, 3.05) is 0 Å². The van der Waals surface area contributed by atoms with Gasteiger partial charge in [-0.05, 0) is 43.6 Å². The van der Waals surface area contributed by atoms with E-state index in [1.165, 1.54) is 0 Å². The van der Waals surface area contributed by atoms with E-state index in [-0.39, 0.29) is 0 Å². The lowest BCUT2D eigenvalue weighted by atomic mass is 10.3. The Bertz CT molecular complexity index is 397. The molecule has 1 rings (SSSR count). The largest absolute Gasteiger partial charge is 0.457 e. The van der Waals surface area contributed by atoms with Gasteiger partial charge in [0.05, 0.1) is 4.86 Å². The Balaban J connectivity index is 2.79. The smallest absolute Gasteiger partial charge is 0.141 e. The highest BCUT2D eigenvalue weighted by atomic mass is 32.1. The van der Waals surface area contributed by atoms with Crippen LogP contribution in [0.2, 0.25) is 0 Å². The van der Waals surface area contributed by atoms with Crippen molar-refractivity contribution < 1.29 is 4.74 Å². The molecule has 0 saturated carbocycles. The zero-order chi connectivity index (χ0) is 12.5. The molecule has 0 aliphatic heterocycles. The molecule has 0 N–H and O–H groups in total. The standard InChI is InChI=1S/C15H18OS/c1-3-5-10-13(9-4-2)16-14-11-7-6-8-12-15(14)17/h3,5,8-12H,1,4,6-7H2,2H3. The molecule has 0 radical (unpaired) electrons. The van der Waals surface area contributed by atoms with Gasteiger partial charge in [0.25, 0.3) is 0 Å². The molecule has 0 bridgehead atoms. The van der Waals surface area contributed by atoms with Gasteiger partial charge in [-0.25, -0.2) is 0 Å². The number of hydrogen-bond donors (Lipinski definition) is 0. The predicted molar refractivity (Wildman–Crippen MR) is 77.9 cm³/mol. The monoisotopic (exact) mass is 246 g/mol. The first kappa shape index (κ1) is 13.7. The summed E-state index contributed by atoms with van der Waals surface area (Å²) in [6, 6.07) is 0. The van der Waals surface area contributed by atoms with Crippen LogP contribution in [0, 0.1) is 0 Å². The molecule has 0 aromatic heterocycles. The van der Waals surface area contributed by atoms with E-state index in [1.54, 1.807) is 6.08 Å². The summed E-state index contributed by atoms with van der Waals surface area (Å²) in [5.74, 6) is 1.60. The maximum Gasteiger partial charge on any atom is 0.141 e. The molecule has 1 nitrogen and oxygen atoms in total. The van der Waals surface area contributed by atoms with Crippen molar-refractivity contribution in [3.63, 3.8) is 0 Å². The molecular weight excluding hydrogens is 228 g/mol. The van der Waals surface area contributed by atoms with E-state index in [0.29, 0.717) is 0 Å². The highest BCUT2D eigenvalue weighted by molar-refractivity contribution is 7.81. The van der Waals surface area contributed by atoms with Gasteiger partial charge < -0.3 is 4.74 Å². The molecular formula is C15H18OS. The summed E-state index contributed by atoms with van der Waals surface area (Å²) in [4.78, 5) is 0.761. The average Bonchev–Trinajstić information content (AvgIpc) is 2.52. The third-order valence-corrected chi connectivity index (χ3v) is 2.54. The van der Waals surface area contributed by atoms with Crippen LogP contribution in [-0.4, -0.2) is 4.86 Å². The fourth-order valence-corrected chi connectivity index (χ4v) is 1.63. The van der Waals surface area contributed by atoms with E-state index in [9.17, 15) is 0 Å². The molecule has 0 unspecified atom stereocenters. The predicted octanol–water partition coefficient (Wildman–Crippen LogP) is 4.64. The van der Waals surface area contributed by atoms with Gasteiger partial charge >= 0.3 is 0 Å². The van der Waals surface area contributed by atoms with Crippen molar-refractivity contribution in [1.82, 2.24) is 0 Å². The normalized spacial score (nSPS) is 16.9. The van der Waals surface area contributed by atoms with E-state index >= 15 is 0 Å². The van der Waals surface area contributed by atoms with Crippen molar-refractivity contribution in [2.24, 2.45) is 0 Å². The molecule has 0 saturated heterocycles. The molecule has 0 atom stereocenters. The first-order chi connectivity index (χ1) is 8.27. The fraction of sp³-hybridized carbons (Fsp3) is 0.267. The first-order valence-corrected chi connectivity index (χ1v) is 6.27. The number of rotatable bonds is 5. The lowest BCUT2D eigenvalue weighted by molar-refractivity contribution is 0.343. The van der Waals surface area contributed by atoms with Crippen LogP contribution >= 0.6 is 12.2 Å². The number of thiocarbonyl (C=S) groups is 1. The Kier molecular flexibility index (Phi) is 6.26. The minimum Gasteiger partial charge on any atom is -0.457 e. The first-order valence-electron chi connectivity index (χ1n) is 5.86. The molecule has 0 aromatic rings. The Morgan fingerprint density at radius 3 is 3.06 bits per heavy atom. The summed E-state index contributed by atoms with van der Waals surface area (Å²) in [6.07, 6.45) is 16.5. The van der Waals surface area contributed by atoms with Gasteiger partial charge in [-0.3, -0.25) is 0 Å². The highest BCUT2D eigenvalue weighted by Gasteiger charge is 2.07. The molecule has 0 amide bonds. The lowest BCUT2D eigenvalue weighted by Gasteiger charge is -2.09. The number of hydrogen-bond acceptors (Lipinski definition) is 2. The Hall–Kier alpha value is -1.41. The van der Waals surface area contributed by atoms with Crippen LogP contribution in [-0.2, 0) is 4.74 Å². The summed E-state index contributed by atoms with van der Waals surface area (Å²) >= 11 is 5.28. The third kappa shape index (κ3) is 4.96. The molecule has 0 aromatic carbocycles. The molecule has 2 heteroatoms. The van der Waals surface area contributed by atoms with Crippen molar-refractivity contribution in [3.8, 4) is 0 Å². The van der Waals surface area contributed by atoms with Crippen LogP contribution in [0.15, 0.2) is 60.6 Å². The topological polar surface area (TPSA) is 9.23 Å². The highest BCUT2D eigenvalue weighted by Crippen LogP contribution is 2.16. The second kappa shape index (κ2) is 7.80. The summed E-state index contributed by atoms with van der Waals surface area (Å²) in [6.45, 7) is 5.72. The van der Waals surface area contributed by atoms with Crippen LogP contribution in [0.4, 0.5) is 0 Å². The van der Waals surface area contributed by atoms with E-state index < -0.39 is 0 Å². The van der Waals surface area contributed by atoms with E-state index in [2.05, 4.69) is 19.6 Å². The summed E-state index contributed by atoms with van der Waals surface area (Å²) < 4.78 is 5.82. The maximum atomic E-state index is 5.82. The summed E-state index contributed by atoms with van der Waals surface area (Å²) in [7, 11) is 0. The van der Waals surface area contributed by atoms with E-state index in [0.717, 1.165) is 35.6 Å². The molecule has 0 spiro atoms. The zero-order valence-corrected chi connectivity index (χ0v) is 11.0. The van der Waals surface area contributed by atoms with Crippen LogP contribution in [0.25, 0.3) is 0 Å². The SMILES string of the molecule is C=CC=CC(=CCC)OC1=CCCC=CC1=S. The van der Waals surface area contributed by atoms with Crippen LogP contribution < -0.4 is 0 Å². The van der Waals surface area contributed by atoms with Gasteiger partial charge in [-0.2, -0.15) is 0 Å². The van der Waals surface area contributed by atoms with Crippen molar-refractivity contribution >= 4 is 17.1 Å². The van der Waals surface area contributed by atoms with E-state index in [1.807, 2.05) is 30.4 Å². The second-order valence-electron chi connectivity index (χ2n) is 3.62. The minimum absolute atomic E-state index is 0.761. The lowest BCUT2D eigenvalue weighted by Crippen LogP contribution is -2.00. The van der Waals surface area contributed by atoms with Gasteiger partial charge in [0.2, 0.25) is 0 Å². The Labute approximate surface area is 109 Å². The Morgan fingerprint density at radius 2 is 2.35 bits per heavy atom. The number of ether oxygens (including phenoxy) is 1. The second-order valence-corrected chi connectivity index (χ2v) is 4.06.